The Morgan fingerprint density at radius 1 is 1.25 bits per heavy atom. The third kappa shape index (κ3) is 3.33. The molecule has 0 bridgehead atoms. The van der Waals surface area contributed by atoms with E-state index in [0.29, 0.717) is 10.7 Å². The summed E-state index contributed by atoms with van der Waals surface area (Å²) < 4.78 is 0. The van der Waals surface area contributed by atoms with Crippen LogP contribution in [0.25, 0.3) is 0 Å². The molecule has 1 aromatic carbocycles. The van der Waals surface area contributed by atoms with Crippen LogP contribution >= 0.6 is 12.2 Å². The van der Waals surface area contributed by atoms with Gasteiger partial charge in [-0.15, -0.1) is 0 Å². The topological polar surface area (TPSA) is 42.2 Å². The lowest BCUT2D eigenvalue weighted by Crippen LogP contribution is -2.21. The van der Waals surface area contributed by atoms with Gasteiger partial charge in [-0.05, 0) is 30.2 Å². The largest absolute Gasteiger partial charge is 0.388 e. The highest BCUT2D eigenvalue weighted by Crippen LogP contribution is 2.17. The maximum Gasteiger partial charge on any atom is 0.123 e. The van der Waals surface area contributed by atoms with Crippen LogP contribution in [0.4, 0.5) is 5.69 Å². The standard InChI is InChI=1S/C16H19N3S/c1-3-12-6-8-14(9-7-12)19(2)11-13-5-4-10-18-15(13)16(17)20/h4-10H,3,11H2,1-2H3,(H2,17,20). The number of aromatic nitrogens is 1. The molecule has 0 unspecified atom stereocenters. The van der Waals surface area contributed by atoms with Gasteiger partial charge < -0.3 is 10.6 Å². The van der Waals surface area contributed by atoms with E-state index >= 15 is 0 Å². The second kappa shape index (κ2) is 6.48. The molecule has 0 saturated heterocycles. The zero-order valence-corrected chi connectivity index (χ0v) is 12.7. The molecule has 1 heterocycles. The fourth-order valence-corrected chi connectivity index (χ4v) is 2.30. The molecule has 20 heavy (non-hydrogen) atoms. The average Bonchev–Trinajstić information content (AvgIpc) is 2.47. The fourth-order valence-electron chi connectivity index (χ4n) is 2.12. The molecule has 0 fully saturated rings. The second-order valence-corrected chi connectivity index (χ2v) is 5.19. The number of aryl methyl sites for hydroxylation is 1. The van der Waals surface area contributed by atoms with Crippen molar-refractivity contribution < 1.29 is 0 Å². The summed E-state index contributed by atoms with van der Waals surface area (Å²) in [6.45, 7) is 2.88. The number of benzene rings is 1. The van der Waals surface area contributed by atoms with E-state index in [0.717, 1.165) is 18.5 Å². The third-order valence-electron chi connectivity index (χ3n) is 3.32. The van der Waals surface area contributed by atoms with Gasteiger partial charge >= 0.3 is 0 Å². The maximum absolute atomic E-state index is 5.72. The Kier molecular flexibility index (Phi) is 4.69. The van der Waals surface area contributed by atoms with Crippen molar-refractivity contribution >= 4 is 22.9 Å². The molecular formula is C16H19N3S. The average molecular weight is 285 g/mol. The minimum absolute atomic E-state index is 0.343. The van der Waals surface area contributed by atoms with Crippen LogP contribution < -0.4 is 10.6 Å². The summed E-state index contributed by atoms with van der Waals surface area (Å²) in [5.41, 5.74) is 9.98. The summed E-state index contributed by atoms with van der Waals surface area (Å²) in [5.74, 6) is 0. The SMILES string of the molecule is CCc1ccc(N(C)Cc2cccnc2C(N)=S)cc1. The highest BCUT2D eigenvalue weighted by molar-refractivity contribution is 7.80. The van der Waals surface area contributed by atoms with Crippen molar-refractivity contribution in [3.8, 4) is 0 Å². The fraction of sp³-hybridized carbons (Fsp3) is 0.250. The van der Waals surface area contributed by atoms with Crippen molar-refractivity contribution in [2.75, 3.05) is 11.9 Å². The van der Waals surface area contributed by atoms with Crippen LogP contribution in [0.2, 0.25) is 0 Å². The Morgan fingerprint density at radius 3 is 2.55 bits per heavy atom. The molecule has 0 aliphatic rings. The summed E-state index contributed by atoms with van der Waals surface area (Å²) in [5, 5.41) is 0. The molecular weight excluding hydrogens is 266 g/mol. The molecule has 2 N–H and O–H groups in total. The molecule has 2 rings (SSSR count). The predicted octanol–water partition coefficient (Wildman–Crippen LogP) is 2.91. The van der Waals surface area contributed by atoms with Gasteiger partial charge in [-0.2, -0.15) is 0 Å². The predicted molar refractivity (Wildman–Crippen MR) is 88.1 cm³/mol. The second-order valence-electron chi connectivity index (χ2n) is 4.75. The van der Waals surface area contributed by atoms with Crippen LogP contribution in [0.1, 0.15) is 23.7 Å². The molecule has 1 aromatic heterocycles. The molecule has 0 radical (unpaired) electrons. The summed E-state index contributed by atoms with van der Waals surface area (Å²) in [4.78, 5) is 6.77. The lowest BCUT2D eigenvalue weighted by atomic mass is 10.1. The van der Waals surface area contributed by atoms with Gasteiger partial charge in [0.05, 0.1) is 0 Å². The van der Waals surface area contributed by atoms with Gasteiger partial charge in [-0.1, -0.05) is 37.3 Å². The van der Waals surface area contributed by atoms with Crippen molar-refractivity contribution in [1.29, 1.82) is 0 Å². The van der Waals surface area contributed by atoms with E-state index in [-0.39, 0.29) is 0 Å². The van der Waals surface area contributed by atoms with Crippen molar-refractivity contribution in [2.24, 2.45) is 5.73 Å². The Labute approximate surface area is 125 Å². The van der Waals surface area contributed by atoms with Crippen molar-refractivity contribution in [2.45, 2.75) is 19.9 Å². The van der Waals surface area contributed by atoms with E-state index < -0.39 is 0 Å². The highest BCUT2D eigenvalue weighted by atomic mass is 32.1. The molecule has 3 nitrogen and oxygen atoms in total. The first-order chi connectivity index (χ1) is 9.61. The first-order valence-electron chi connectivity index (χ1n) is 6.65. The molecule has 0 saturated carbocycles. The van der Waals surface area contributed by atoms with Crippen LogP contribution in [0, 0.1) is 0 Å². The molecule has 2 aromatic rings. The van der Waals surface area contributed by atoms with E-state index in [1.54, 1.807) is 6.20 Å². The zero-order chi connectivity index (χ0) is 14.5. The summed E-state index contributed by atoms with van der Waals surface area (Å²) >= 11 is 5.05. The van der Waals surface area contributed by atoms with Crippen molar-refractivity contribution in [3.05, 3.63) is 59.4 Å². The quantitative estimate of drug-likeness (QED) is 0.858. The molecule has 104 valence electrons. The van der Waals surface area contributed by atoms with Crippen LogP contribution in [-0.4, -0.2) is 17.0 Å². The summed E-state index contributed by atoms with van der Waals surface area (Å²) in [7, 11) is 2.05. The molecule has 0 spiro atoms. The van der Waals surface area contributed by atoms with E-state index in [1.807, 2.05) is 12.1 Å². The molecule has 4 heteroatoms. The Bertz CT molecular complexity index is 593. The van der Waals surface area contributed by atoms with Gasteiger partial charge in [0.2, 0.25) is 0 Å². The number of nitrogens with two attached hydrogens (primary N) is 1. The number of nitrogens with zero attached hydrogens (tertiary/aromatic N) is 2. The Hall–Kier alpha value is -1.94. The van der Waals surface area contributed by atoms with Gasteiger partial charge in [0.25, 0.3) is 0 Å². The third-order valence-corrected chi connectivity index (χ3v) is 3.51. The van der Waals surface area contributed by atoms with Gasteiger partial charge in [0, 0.05) is 31.0 Å². The van der Waals surface area contributed by atoms with E-state index in [4.69, 9.17) is 18.0 Å². The Balaban J connectivity index is 2.18. The molecule has 0 aliphatic carbocycles. The number of thiocarbonyl (C=S) groups is 1. The Morgan fingerprint density at radius 2 is 1.95 bits per heavy atom. The lowest BCUT2D eigenvalue weighted by molar-refractivity contribution is 0.911. The van der Waals surface area contributed by atoms with Crippen LogP contribution in [0.5, 0.6) is 0 Å². The van der Waals surface area contributed by atoms with Gasteiger partial charge in [-0.25, -0.2) is 0 Å². The first-order valence-corrected chi connectivity index (χ1v) is 7.06. The number of anilines is 1. The van der Waals surface area contributed by atoms with E-state index in [1.165, 1.54) is 11.3 Å². The number of pyridine rings is 1. The molecule has 0 atom stereocenters. The van der Waals surface area contributed by atoms with Gasteiger partial charge in [0.1, 0.15) is 10.7 Å². The first kappa shape index (κ1) is 14.5. The minimum atomic E-state index is 0.343. The smallest absolute Gasteiger partial charge is 0.123 e. The van der Waals surface area contributed by atoms with Gasteiger partial charge in [0.15, 0.2) is 0 Å². The van der Waals surface area contributed by atoms with Crippen molar-refractivity contribution in [1.82, 2.24) is 4.98 Å². The zero-order valence-electron chi connectivity index (χ0n) is 11.8. The summed E-state index contributed by atoms with van der Waals surface area (Å²) in [6.07, 6.45) is 2.77. The van der Waals surface area contributed by atoms with Crippen LogP contribution in [0.3, 0.4) is 0 Å². The van der Waals surface area contributed by atoms with Crippen molar-refractivity contribution in [3.63, 3.8) is 0 Å². The van der Waals surface area contributed by atoms with E-state index in [9.17, 15) is 0 Å². The number of hydrogen-bond donors (Lipinski definition) is 1. The molecule has 0 amide bonds. The number of hydrogen-bond acceptors (Lipinski definition) is 3. The lowest BCUT2D eigenvalue weighted by Gasteiger charge is -2.20. The highest BCUT2D eigenvalue weighted by Gasteiger charge is 2.09. The minimum Gasteiger partial charge on any atom is -0.388 e. The monoisotopic (exact) mass is 285 g/mol. The maximum atomic E-state index is 5.72. The normalized spacial score (nSPS) is 10.3. The summed E-state index contributed by atoms with van der Waals surface area (Å²) in [6, 6.07) is 12.5. The van der Waals surface area contributed by atoms with Crippen LogP contribution in [0.15, 0.2) is 42.6 Å². The number of rotatable bonds is 5. The van der Waals surface area contributed by atoms with Crippen LogP contribution in [-0.2, 0) is 13.0 Å². The molecule has 0 aliphatic heterocycles. The van der Waals surface area contributed by atoms with Gasteiger partial charge in [-0.3, -0.25) is 4.98 Å². The van der Waals surface area contributed by atoms with E-state index in [2.05, 4.69) is 48.1 Å².